The van der Waals surface area contributed by atoms with E-state index in [-0.39, 0.29) is 6.61 Å². The summed E-state index contributed by atoms with van der Waals surface area (Å²) >= 11 is 0. The summed E-state index contributed by atoms with van der Waals surface area (Å²) in [6, 6.07) is 0. The molecule has 1 aliphatic rings. The van der Waals surface area contributed by atoms with Crippen molar-refractivity contribution in [2.24, 2.45) is 5.92 Å². The zero-order valence-corrected chi connectivity index (χ0v) is 6.12. The molecule has 1 heterocycles. The van der Waals surface area contributed by atoms with Crippen LogP contribution in [0.25, 0.3) is 0 Å². The third kappa shape index (κ3) is 2.50. The first-order chi connectivity index (χ1) is 4.93. The summed E-state index contributed by atoms with van der Waals surface area (Å²) in [5, 5.41) is 8.48. The van der Waals surface area contributed by atoms with Crippen molar-refractivity contribution >= 4 is 0 Å². The summed E-state index contributed by atoms with van der Waals surface area (Å²) in [7, 11) is 0. The number of hydrogen-bond donors (Lipinski definition) is 1. The third-order valence-electron chi connectivity index (χ3n) is 1.78. The van der Waals surface area contributed by atoms with E-state index in [4.69, 9.17) is 9.84 Å². The maximum absolute atomic E-state index is 8.48. The van der Waals surface area contributed by atoms with Crippen molar-refractivity contribution in [2.45, 2.75) is 12.8 Å². The van der Waals surface area contributed by atoms with Crippen LogP contribution in [0.5, 0.6) is 0 Å². The van der Waals surface area contributed by atoms with Gasteiger partial charge in [-0.25, -0.2) is 0 Å². The molecule has 2 heteroatoms. The minimum absolute atomic E-state index is 0.164. The van der Waals surface area contributed by atoms with Crippen LogP contribution in [0.1, 0.15) is 12.8 Å². The predicted octanol–water partition coefficient (Wildman–Crippen LogP) is 0.962. The first kappa shape index (κ1) is 7.76. The van der Waals surface area contributed by atoms with E-state index >= 15 is 0 Å². The first-order valence-electron chi connectivity index (χ1n) is 3.78. The highest BCUT2D eigenvalue weighted by atomic mass is 16.5. The number of hydrogen-bond acceptors (Lipinski definition) is 2. The molecule has 1 aliphatic heterocycles. The summed E-state index contributed by atoms with van der Waals surface area (Å²) in [6.45, 7) is 1.91. The predicted molar refractivity (Wildman–Crippen MR) is 39.8 cm³/mol. The summed E-state index contributed by atoms with van der Waals surface area (Å²) < 4.78 is 5.18. The molecule has 0 unspecified atom stereocenters. The standard InChI is InChI=1S/C8H14O2/c9-5-1-2-8-3-6-10-7-4-8/h1-2,8-9H,3-7H2/b2-1+. The van der Waals surface area contributed by atoms with Crippen LogP contribution in [0.4, 0.5) is 0 Å². The second kappa shape index (κ2) is 4.47. The molecule has 2 nitrogen and oxygen atoms in total. The Hall–Kier alpha value is -0.340. The van der Waals surface area contributed by atoms with Crippen molar-refractivity contribution in [3.63, 3.8) is 0 Å². The van der Waals surface area contributed by atoms with Gasteiger partial charge in [0.1, 0.15) is 0 Å². The van der Waals surface area contributed by atoms with Crippen LogP contribution in [0, 0.1) is 5.92 Å². The van der Waals surface area contributed by atoms with Crippen LogP contribution in [0.15, 0.2) is 12.2 Å². The van der Waals surface area contributed by atoms with E-state index in [2.05, 4.69) is 6.08 Å². The van der Waals surface area contributed by atoms with Crippen LogP contribution in [-0.4, -0.2) is 24.9 Å². The van der Waals surface area contributed by atoms with E-state index in [9.17, 15) is 0 Å². The van der Waals surface area contributed by atoms with Gasteiger partial charge >= 0.3 is 0 Å². The van der Waals surface area contributed by atoms with Crippen LogP contribution >= 0.6 is 0 Å². The van der Waals surface area contributed by atoms with E-state index in [1.165, 1.54) is 0 Å². The lowest BCUT2D eigenvalue weighted by Crippen LogP contribution is -2.13. The molecule has 0 amide bonds. The Labute approximate surface area is 61.5 Å². The molecule has 1 rings (SSSR count). The summed E-state index contributed by atoms with van der Waals surface area (Å²) in [6.07, 6.45) is 6.12. The lowest BCUT2D eigenvalue weighted by molar-refractivity contribution is 0.0784. The van der Waals surface area contributed by atoms with E-state index < -0.39 is 0 Å². The minimum atomic E-state index is 0.164. The van der Waals surface area contributed by atoms with Crippen LogP contribution < -0.4 is 0 Å². The monoisotopic (exact) mass is 142 g/mol. The van der Waals surface area contributed by atoms with E-state index in [0.29, 0.717) is 5.92 Å². The van der Waals surface area contributed by atoms with Crippen LogP contribution in [0.3, 0.4) is 0 Å². The zero-order chi connectivity index (χ0) is 7.23. The second-order valence-electron chi connectivity index (χ2n) is 2.56. The van der Waals surface area contributed by atoms with E-state index in [1.54, 1.807) is 0 Å². The minimum Gasteiger partial charge on any atom is -0.392 e. The summed E-state index contributed by atoms with van der Waals surface area (Å²) in [4.78, 5) is 0. The molecule has 0 aromatic heterocycles. The molecule has 0 spiro atoms. The Balaban J connectivity index is 2.19. The van der Waals surface area contributed by atoms with Crippen molar-refractivity contribution in [3.8, 4) is 0 Å². The van der Waals surface area contributed by atoms with Crippen molar-refractivity contribution in [1.82, 2.24) is 0 Å². The molecule has 0 atom stereocenters. The van der Waals surface area contributed by atoms with Gasteiger partial charge in [-0.3, -0.25) is 0 Å². The number of ether oxygens (including phenoxy) is 1. The van der Waals surface area contributed by atoms with Crippen molar-refractivity contribution in [2.75, 3.05) is 19.8 Å². The molecule has 10 heavy (non-hydrogen) atoms. The van der Waals surface area contributed by atoms with Gasteiger partial charge in [0.15, 0.2) is 0 Å². The lowest BCUT2D eigenvalue weighted by Gasteiger charge is -2.18. The van der Waals surface area contributed by atoms with Gasteiger partial charge < -0.3 is 9.84 Å². The fourth-order valence-electron chi connectivity index (χ4n) is 1.16. The SMILES string of the molecule is OC/C=C/C1CCOCC1. The topological polar surface area (TPSA) is 29.5 Å². The molecule has 0 aromatic carbocycles. The Morgan fingerprint density at radius 3 is 2.70 bits per heavy atom. The van der Waals surface area contributed by atoms with Crippen LogP contribution in [-0.2, 0) is 4.74 Å². The molecule has 0 radical (unpaired) electrons. The summed E-state index contributed by atoms with van der Waals surface area (Å²) in [5.74, 6) is 0.640. The molecular weight excluding hydrogens is 128 g/mol. The lowest BCUT2D eigenvalue weighted by atomic mass is 10.0. The molecule has 1 N–H and O–H groups in total. The smallest absolute Gasteiger partial charge is 0.0612 e. The quantitative estimate of drug-likeness (QED) is 0.582. The Kier molecular flexibility index (Phi) is 3.47. The molecule has 1 fully saturated rings. The first-order valence-corrected chi connectivity index (χ1v) is 3.78. The molecule has 0 aliphatic carbocycles. The van der Waals surface area contributed by atoms with Crippen molar-refractivity contribution in [1.29, 1.82) is 0 Å². The zero-order valence-electron chi connectivity index (χ0n) is 6.12. The van der Waals surface area contributed by atoms with Gasteiger partial charge in [-0.2, -0.15) is 0 Å². The van der Waals surface area contributed by atoms with Gasteiger partial charge in [0, 0.05) is 13.2 Å². The number of rotatable bonds is 2. The fraction of sp³-hybridized carbons (Fsp3) is 0.750. The van der Waals surface area contributed by atoms with Crippen molar-refractivity contribution in [3.05, 3.63) is 12.2 Å². The second-order valence-corrected chi connectivity index (χ2v) is 2.56. The Bertz CT molecular complexity index is 104. The van der Waals surface area contributed by atoms with Crippen molar-refractivity contribution < 1.29 is 9.84 Å². The third-order valence-corrected chi connectivity index (χ3v) is 1.78. The van der Waals surface area contributed by atoms with Gasteiger partial charge in [0.25, 0.3) is 0 Å². The van der Waals surface area contributed by atoms with E-state index in [0.717, 1.165) is 26.1 Å². The van der Waals surface area contributed by atoms with E-state index in [1.807, 2.05) is 6.08 Å². The number of aliphatic hydroxyl groups is 1. The summed E-state index contributed by atoms with van der Waals surface area (Å²) in [5.41, 5.74) is 0. The van der Waals surface area contributed by atoms with Gasteiger partial charge in [-0.15, -0.1) is 0 Å². The Morgan fingerprint density at radius 1 is 1.40 bits per heavy atom. The highest BCUT2D eigenvalue weighted by molar-refractivity contribution is 4.88. The molecule has 0 aromatic rings. The van der Waals surface area contributed by atoms with Gasteiger partial charge in [-0.1, -0.05) is 12.2 Å². The average Bonchev–Trinajstić information content (AvgIpc) is 2.03. The van der Waals surface area contributed by atoms with Gasteiger partial charge in [-0.05, 0) is 18.8 Å². The molecule has 0 bridgehead atoms. The number of allylic oxidation sites excluding steroid dienone is 1. The maximum atomic E-state index is 8.48. The maximum Gasteiger partial charge on any atom is 0.0612 e. The molecule has 0 saturated carbocycles. The highest BCUT2D eigenvalue weighted by Gasteiger charge is 2.09. The Morgan fingerprint density at radius 2 is 2.10 bits per heavy atom. The number of aliphatic hydroxyl groups excluding tert-OH is 1. The molecule has 58 valence electrons. The molecular formula is C8H14O2. The van der Waals surface area contributed by atoms with Crippen LogP contribution in [0.2, 0.25) is 0 Å². The largest absolute Gasteiger partial charge is 0.392 e. The fourth-order valence-corrected chi connectivity index (χ4v) is 1.16. The molecule has 1 saturated heterocycles. The highest BCUT2D eigenvalue weighted by Crippen LogP contribution is 2.15. The van der Waals surface area contributed by atoms with Gasteiger partial charge in [0.2, 0.25) is 0 Å². The van der Waals surface area contributed by atoms with Gasteiger partial charge in [0.05, 0.1) is 6.61 Å². The normalized spacial score (nSPS) is 22.1. The average molecular weight is 142 g/mol.